The summed E-state index contributed by atoms with van der Waals surface area (Å²) in [7, 11) is 0. The summed E-state index contributed by atoms with van der Waals surface area (Å²) in [5.74, 6) is 2.13. The van der Waals surface area contributed by atoms with Gasteiger partial charge in [0.05, 0.1) is 17.4 Å². The van der Waals surface area contributed by atoms with Crippen molar-refractivity contribution in [2.24, 2.45) is 0 Å². The van der Waals surface area contributed by atoms with E-state index in [-0.39, 0.29) is 6.04 Å². The van der Waals surface area contributed by atoms with Gasteiger partial charge in [-0.05, 0) is 50.4 Å². The van der Waals surface area contributed by atoms with E-state index in [0.29, 0.717) is 29.2 Å². The van der Waals surface area contributed by atoms with Crippen LogP contribution >= 0.6 is 0 Å². The van der Waals surface area contributed by atoms with Crippen molar-refractivity contribution in [3.8, 4) is 28.7 Å². The van der Waals surface area contributed by atoms with Crippen LogP contribution in [-0.4, -0.2) is 31.4 Å². The smallest absolute Gasteiger partial charge is 0.280 e. The lowest BCUT2D eigenvalue weighted by Crippen LogP contribution is -2.12. The lowest BCUT2D eigenvalue weighted by molar-refractivity contribution is 0.428. The first-order valence-corrected chi connectivity index (χ1v) is 10.0. The van der Waals surface area contributed by atoms with Crippen LogP contribution in [0.3, 0.4) is 0 Å². The van der Waals surface area contributed by atoms with Gasteiger partial charge >= 0.3 is 0 Å². The van der Waals surface area contributed by atoms with E-state index in [2.05, 4.69) is 26.5 Å². The van der Waals surface area contributed by atoms with Gasteiger partial charge in [-0.3, -0.25) is 0 Å². The molecule has 0 amide bonds. The summed E-state index contributed by atoms with van der Waals surface area (Å²) in [5, 5.41) is 12.3. The zero-order valence-corrected chi connectivity index (χ0v) is 15.8. The average Bonchev–Trinajstić information content (AvgIpc) is 3.28. The highest BCUT2D eigenvalue weighted by Gasteiger charge is 2.27. The molecule has 4 aromatic rings. The monoisotopic (exact) mass is 388 g/mol. The van der Waals surface area contributed by atoms with Crippen LogP contribution in [0.5, 0.6) is 0 Å². The van der Waals surface area contributed by atoms with Gasteiger partial charge in [0, 0.05) is 17.7 Å². The Hall–Kier alpha value is -3.26. The van der Waals surface area contributed by atoms with E-state index >= 15 is 0 Å². The van der Waals surface area contributed by atoms with Crippen molar-refractivity contribution in [1.82, 2.24) is 30.2 Å². The summed E-state index contributed by atoms with van der Waals surface area (Å²) in [5.41, 5.74) is 3.47. The highest BCUT2D eigenvalue weighted by Crippen LogP contribution is 2.39. The number of rotatable bonds is 5. The Morgan fingerprint density at radius 3 is 2.86 bits per heavy atom. The first-order chi connectivity index (χ1) is 14.3. The van der Waals surface area contributed by atoms with Crippen LogP contribution < -0.4 is 5.32 Å². The van der Waals surface area contributed by atoms with Crippen LogP contribution in [0.1, 0.15) is 49.2 Å². The molecular weight excluding hydrogens is 368 g/mol. The van der Waals surface area contributed by atoms with Crippen LogP contribution in [0.15, 0.2) is 51.7 Å². The fourth-order valence-corrected chi connectivity index (χ4v) is 3.81. The van der Waals surface area contributed by atoms with Crippen LogP contribution in [0.2, 0.25) is 0 Å². The summed E-state index contributed by atoms with van der Waals surface area (Å²) < 4.78 is 13.0. The second kappa shape index (κ2) is 6.66. The Bertz CT molecular complexity index is 1150. The molecule has 0 bridgehead atoms. The second-order valence-electron chi connectivity index (χ2n) is 7.62. The van der Waals surface area contributed by atoms with Gasteiger partial charge in [-0.15, -0.1) is 0 Å². The number of oxazole rings is 1. The van der Waals surface area contributed by atoms with E-state index in [1.165, 1.54) is 12.8 Å². The third kappa shape index (κ3) is 3.05. The third-order valence-electron chi connectivity index (χ3n) is 5.52. The first-order valence-electron chi connectivity index (χ1n) is 10.0. The molecule has 2 fully saturated rings. The first kappa shape index (κ1) is 16.7. The van der Waals surface area contributed by atoms with E-state index in [4.69, 9.17) is 14.0 Å². The van der Waals surface area contributed by atoms with Gasteiger partial charge in [0.15, 0.2) is 5.69 Å². The van der Waals surface area contributed by atoms with Gasteiger partial charge in [0.2, 0.25) is 11.7 Å². The molecule has 146 valence electrons. The molecule has 29 heavy (non-hydrogen) atoms. The maximum absolute atomic E-state index is 5.63. The molecule has 0 unspecified atom stereocenters. The van der Waals surface area contributed by atoms with E-state index in [0.717, 1.165) is 36.3 Å². The van der Waals surface area contributed by atoms with Gasteiger partial charge in [-0.25, -0.2) is 9.67 Å². The molecule has 4 heterocycles. The minimum absolute atomic E-state index is 0.160. The van der Waals surface area contributed by atoms with Crippen LogP contribution in [0.4, 0.5) is 0 Å². The number of benzene rings is 1. The average molecular weight is 388 g/mol. The minimum Gasteiger partial charge on any atom is -0.446 e. The van der Waals surface area contributed by atoms with Crippen LogP contribution in [-0.2, 0) is 0 Å². The van der Waals surface area contributed by atoms with Crippen molar-refractivity contribution in [1.29, 1.82) is 0 Å². The summed E-state index contributed by atoms with van der Waals surface area (Å²) in [6.07, 6.45) is 8.17. The van der Waals surface area contributed by atoms with E-state index in [9.17, 15) is 0 Å². The predicted molar refractivity (Wildman–Crippen MR) is 104 cm³/mol. The standard InChI is InChI=1S/C21H20N6O2/c1-2-6-18(27-11-9-15(25-27)13-7-8-13)14(4-1)19-24-21(29-26-19)17-12-28-20(23-17)16-5-3-10-22-16/h1-2,4,6,9,11-13,16,22H,3,5,7-8,10H2/t16-/m0/s1. The Morgan fingerprint density at radius 2 is 2.00 bits per heavy atom. The summed E-state index contributed by atoms with van der Waals surface area (Å²) in [6, 6.07) is 10.2. The molecule has 8 heteroatoms. The normalized spacial score (nSPS) is 19.1. The highest BCUT2D eigenvalue weighted by atomic mass is 16.5. The zero-order chi connectivity index (χ0) is 19.2. The zero-order valence-electron chi connectivity index (χ0n) is 15.8. The molecule has 0 radical (unpaired) electrons. The molecule has 1 aliphatic heterocycles. The summed E-state index contributed by atoms with van der Waals surface area (Å²) in [4.78, 5) is 9.11. The van der Waals surface area contributed by atoms with Gasteiger partial charge in [-0.1, -0.05) is 17.3 Å². The second-order valence-corrected chi connectivity index (χ2v) is 7.62. The minimum atomic E-state index is 0.160. The lowest BCUT2D eigenvalue weighted by atomic mass is 10.1. The fraction of sp³-hybridized carbons (Fsp3) is 0.333. The molecule has 1 atom stereocenters. The number of nitrogens with zero attached hydrogens (tertiary/aromatic N) is 5. The quantitative estimate of drug-likeness (QED) is 0.554. The van der Waals surface area contributed by atoms with Crippen molar-refractivity contribution in [3.05, 3.63) is 54.4 Å². The molecule has 6 rings (SSSR count). The number of hydrogen-bond acceptors (Lipinski definition) is 7. The van der Waals surface area contributed by atoms with Crippen molar-refractivity contribution in [3.63, 3.8) is 0 Å². The lowest BCUT2D eigenvalue weighted by Gasteiger charge is -2.06. The van der Waals surface area contributed by atoms with Crippen LogP contribution in [0.25, 0.3) is 28.7 Å². The molecule has 1 aliphatic carbocycles. The van der Waals surface area contributed by atoms with E-state index < -0.39 is 0 Å². The Morgan fingerprint density at radius 1 is 1.07 bits per heavy atom. The number of aromatic nitrogens is 5. The largest absolute Gasteiger partial charge is 0.446 e. The highest BCUT2D eigenvalue weighted by molar-refractivity contribution is 5.68. The Kier molecular flexibility index (Phi) is 3.83. The van der Waals surface area contributed by atoms with Crippen molar-refractivity contribution >= 4 is 0 Å². The predicted octanol–water partition coefficient (Wildman–Crippen LogP) is 3.88. The van der Waals surface area contributed by atoms with Gasteiger partial charge < -0.3 is 14.3 Å². The molecule has 3 aromatic heterocycles. The van der Waals surface area contributed by atoms with Crippen molar-refractivity contribution < 1.29 is 8.94 Å². The molecular formula is C21H20N6O2. The SMILES string of the molecule is c1ccc(-n2ccc(C3CC3)n2)c(-c2noc(-c3coc([C@@H]4CCCN4)n3)n2)c1. The van der Waals surface area contributed by atoms with E-state index in [1.54, 1.807) is 6.26 Å². The third-order valence-corrected chi connectivity index (χ3v) is 5.52. The summed E-state index contributed by atoms with van der Waals surface area (Å²) in [6.45, 7) is 0.986. The fourth-order valence-electron chi connectivity index (χ4n) is 3.81. The summed E-state index contributed by atoms with van der Waals surface area (Å²) >= 11 is 0. The number of nitrogens with one attached hydrogen (secondary N) is 1. The Balaban J connectivity index is 1.32. The molecule has 1 saturated carbocycles. The molecule has 8 nitrogen and oxygen atoms in total. The van der Waals surface area contributed by atoms with Gasteiger partial charge in [-0.2, -0.15) is 10.1 Å². The van der Waals surface area contributed by atoms with Crippen molar-refractivity contribution in [2.75, 3.05) is 6.54 Å². The molecule has 0 spiro atoms. The number of para-hydroxylation sites is 1. The van der Waals surface area contributed by atoms with Gasteiger partial charge in [0.1, 0.15) is 6.26 Å². The molecule has 1 N–H and O–H groups in total. The Labute approximate surface area is 167 Å². The topological polar surface area (TPSA) is 94.8 Å². The maximum Gasteiger partial charge on any atom is 0.280 e. The van der Waals surface area contributed by atoms with E-state index in [1.807, 2.05) is 35.1 Å². The molecule has 2 aliphatic rings. The molecule has 1 aromatic carbocycles. The van der Waals surface area contributed by atoms with Crippen LogP contribution in [0, 0.1) is 0 Å². The molecule has 1 saturated heterocycles. The number of hydrogen-bond donors (Lipinski definition) is 1. The van der Waals surface area contributed by atoms with Crippen molar-refractivity contribution in [2.45, 2.75) is 37.6 Å². The maximum atomic E-state index is 5.63. The van der Waals surface area contributed by atoms with Gasteiger partial charge in [0.25, 0.3) is 5.89 Å².